The minimum atomic E-state index is -0.107. The van der Waals surface area contributed by atoms with Gasteiger partial charge in [-0.1, -0.05) is 31.2 Å². The number of amides is 1. The molecular weight excluding hydrogens is 352 g/mol. The zero-order valence-electron chi connectivity index (χ0n) is 16.7. The molecule has 1 aromatic heterocycles. The lowest BCUT2D eigenvalue weighted by molar-refractivity contribution is -0.121. The third kappa shape index (κ3) is 4.66. The summed E-state index contributed by atoms with van der Waals surface area (Å²) in [4.78, 5) is 15.7. The quantitative estimate of drug-likeness (QED) is 0.562. The highest BCUT2D eigenvalue weighted by Gasteiger charge is 2.14. The van der Waals surface area contributed by atoms with Crippen molar-refractivity contribution >= 4 is 16.8 Å². The zero-order chi connectivity index (χ0) is 19.9. The van der Waals surface area contributed by atoms with E-state index in [2.05, 4.69) is 23.3 Å². The number of rotatable bonds is 9. The first-order valence-corrected chi connectivity index (χ1v) is 9.77. The third-order valence-corrected chi connectivity index (χ3v) is 4.82. The average molecular weight is 380 g/mol. The molecule has 0 saturated carbocycles. The highest BCUT2D eigenvalue weighted by atomic mass is 16.5. The highest BCUT2D eigenvalue weighted by Crippen LogP contribution is 2.30. The van der Waals surface area contributed by atoms with Crippen LogP contribution in [0.3, 0.4) is 0 Å². The number of aromatic amines is 1. The van der Waals surface area contributed by atoms with Crippen LogP contribution in [0.4, 0.5) is 0 Å². The number of aryl methyl sites for hydroxylation is 1. The highest BCUT2D eigenvalue weighted by molar-refractivity contribution is 5.84. The molecule has 1 amide bonds. The maximum absolute atomic E-state index is 12.4. The van der Waals surface area contributed by atoms with Crippen molar-refractivity contribution in [3.8, 4) is 11.5 Å². The van der Waals surface area contributed by atoms with E-state index in [1.807, 2.05) is 49.5 Å². The van der Waals surface area contributed by atoms with E-state index in [0.29, 0.717) is 25.2 Å². The largest absolute Gasteiger partial charge is 0.493 e. The summed E-state index contributed by atoms with van der Waals surface area (Å²) < 4.78 is 11.1. The zero-order valence-corrected chi connectivity index (χ0v) is 16.7. The Hall–Kier alpha value is -2.95. The van der Waals surface area contributed by atoms with Crippen molar-refractivity contribution in [2.75, 3.05) is 13.7 Å². The van der Waals surface area contributed by atoms with E-state index in [1.54, 1.807) is 7.11 Å². The second-order valence-electron chi connectivity index (χ2n) is 6.91. The van der Waals surface area contributed by atoms with E-state index in [1.165, 1.54) is 5.39 Å². The Kier molecular flexibility index (Phi) is 6.58. The smallest absolute Gasteiger partial charge is 0.220 e. The van der Waals surface area contributed by atoms with Crippen molar-refractivity contribution in [2.24, 2.45) is 0 Å². The molecule has 2 aromatic carbocycles. The summed E-state index contributed by atoms with van der Waals surface area (Å²) in [6.07, 6.45) is 4.08. The number of ether oxygens (including phenoxy) is 2. The molecule has 0 fully saturated rings. The lowest BCUT2D eigenvalue weighted by atomic mass is 10.1. The number of benzene rings is 2. The van der Waals surface area contributed by atoms with Gasteiger partial charge >= 0.3 is 0 Å². The van der Waals surface area contributed by atoms with Crippen LogP contribution in [0.2, 0.25) is 0 Å². The van der Waals surface area contributed by atoms with Crippen molar-refractivity contribution in [2.45, 2.75) is 39.2 Å². The summed E-state index contributed by atoms with van der Waals surface area (Å²) in [5.41, 5.74) is 3.25. The molecule has 0 bridgehead atoms. The fraction of sp³-hybridized carbons (Fsp3) is 0.348. The molecule has 5 nitrogen and oxygen atoms in total. The van der Waals surface area contributed by atoms with E-state index < -0.39 is 0 Å². The number of H-pyrrole nitrogens is 1. The number of fused-ring (bicyclic) bond motifs is 1. The van der Waals surface area contributed by atoms with Crippen molar-refractivity contribution < 1.29 is 14.3 Å². The number of hydrogen-bond donors (Lipinski definition) is 2. The molecular formula is C23H28N2O3. The molecule has 5 heteroatoms. The van der Waals surface area contributed by atoms with Crippen molar-refractivity contribution in [1.29, 1.82) is 0 Å². The minimum absolute atomic E-state index is 0.0306. The molecule has 1 heterocycles. The fourth-order valence-corrected chi connectivity index (χ4v) is 3.27. The fourth-order valence-electron chi connectivity index (χ4n) is 3.27. The number of para-hydroxylation sites is 1. The van der Waals surface area contributed by atoms with Gasteiger partial charge in [-0.3, -0.25) is 4.79 Å². The van der Waals surface area contributed by atoms with Crippen LogP contribution in [0.1, 0.15) is 43.9 Å². The van der Waals surface area contributed by atoms with Crippen LogP contribution in [0, 0.1) is 0 Å². The maximum Gasteiger partial charge on any atom is 0.220 e. The maximum atomic E-state index is 12.4. The Morgan fingerprint density at radius 3 is 2.79 bits per heavy atom. The second kappa shape index (κ2) is 9.31. The van der Waals surface area contributed by atoms with Gasteiger partial charge in [0.05, 0.1) is 19.8 Å². The number of hydrogen-bond acceptors (Lipinski definition) is 3. The van der Waals surface area contributed by atoms with Gasteiger partial charge in [-0.2, -0.15) is 0 Å². The van der Waals surface area contributed by atoms with Crippen LogP contribution in [0.25, 0.3) is 10.9 Å². The van der Waals surface area contributed by atoms with Gasteiger partial charge in [0.15, 0.2) is 11.5 Å². The van der Waals surface area contributed by atoms with Gasteiger partial charge in [0.25, 0.3) is 0 Å². The first kappa shape index (κ1) is 19.8. The number of methoxy groups -OCH3 is 1. The topological polar surface area (TPSA) is 63.3 Å². The van der Waals surface area contributed by atoms with Crippen LogP contribution >= 0.6 is 0 Å². The number of aromatic nitrogens is 1. The van der Waals surface area contributed by atoms with Crippen LogP contribution < -0.4 is 14.8 Å². The van der Waals surface area contributed by atoms with Crippen LogP contribution in [0.15, 0.2) is 48.7 Å². The summed E-state index contributed by atoms with van der Waals surface area (Å²) in [5, 5.41) is 4.25. The van der Waals surface area contributed by atoms with E-state index >= 15 is 0 Å². The Labute approximate surface area is 166 Å². The normalized spacial score (nSPS) is 12.0. The molecule has 1 atom stereocenters. The first-order chi connectivity index (χ1) is 13.6. The lowest BCUT2D eigenvalue weighted by Gasteiger charge is -2.17. The molecule has 0 aliphatic heterocycles. The average Bonchev–Trinajstić information content (AvgIpc) is 3.13. The Morgan fingerprint density at radius 2 is 2.00 bits per heavy atom. The molecule has 0 radical (unpaired) electrons. The Bertz CT molecular complexity index is 932. The van der Waals surface area contributed by atoms with E-state index in [4.69, 9.17) is 9.47 Å². The molecule has 0 saturated heterocycles. The van der Waals surface area contributed by atoms with Gasteiger partial charge in [-0.05, 0) is 49.1 Å². The predicted octanol–water partition coefficient (Wildman–Crippen LogP) is 4.78. The summed E-state index contributed by atoms with van der Waals surface area (Å²) in [7, 11) is 1.63. The van der Waals surface area contributed by atoms with Gasteiger partial charge in [0.1, 0.15) is 0 Å². The van der Waals surface area contributed by atoms with Crippen molar-refractivity contribution in [3.05, 3.63) is 59.8 Å². The summed E-state index contributed by atoms with van der Waals surface area (Å²) in [6, 6.07) is 13.8. The Morgan fingerprint density at radius 1 is 1.18 bits per heavy atom. The molecule has 3 aromatic rings. The van der Waals surface area contributed by atoms with Gasteiger partial charge in [-0.25, -0.2) is 0 Å². The molecule has 2 N–H and O–H groups in total. The summed E-state index contributed by atoms with van der Waals surface area (Å²) in [5.74, 6) is 1.44. The number of nitrogens with one attached hydrogen (secondary N) is 2. The van der Waals surface area contributed by atoms with E-state index in [9.17, 15) is 4.79 Å². The first-order valence-electron chi connectivity index (χ1n) is 9.77. The summed E-state index contributed by atoms with van der Waals surface area (Å²) in [6.45, 7) is 4.69. The second-order valence-corrected chi connectivity index (χ2v) is 6.91. The van der Waals surface area contributed by atoms with Gasteiger partial charge in [0.2, 0.25) is 5.91 Å². The van der Waals surface area contributed by atoms with Crippen LogP contribution in [-0.2, 0) is 11.2 Å². The standard InChI is InChI=1S/C23H28N2O3/c1-4-13-28-21-11-9-17(14-22(21)27-3)16(2)25-23(26)12-10-18-15-24-20-8-6-5-7-19(18)20/h5-9,11,14-16,24H,4,10,12-13H2,1-3H3,(H,25,26)/t16-/m0/s1. The molecule has 0 aliphatic rings. The van der Waals surface area contributed by atoms with Crippen molar-refractivity contribution in [3.63, 3.8) is 0 Å². The third-order valence-electron chi connectivity index (χ3n) is 4.82. The predicted molar refractivity (Wildman–Crippen MR) is 112 cm³/mol. The van der Waals surface area contributed by atoms with Gasteiger partial charge in [-0.15, -0.1) is 0 Å². The minimum Gasteiger partial charge on any atom is -0.493 e. The van der Waals surface area contributed by atoms with Crippen LogP contribution in [0.5, 0.6) is 11.5 Å². The molecule has 148 valence electrons. The SMILES string of the molecule is CCCOc1ccc([C@H](C)NC(=O)CCc2c[nH]c3ccccc23)cc1OC. The number of carbonyl (C=O) groups excluding carboxylic acids is 1. The monoisotopic (exact) mass is 380 g/mol. The molecule has 0 unspecified atom stereocenters. The van der Waals surface area contributed by atoms with Gasteiger partial charge < -0.3 is 19.8 Å². The van der Waals surface area contributed by atoms with E-state index in [-0.39, 0.29) is 11.9 Å². The molecule has 0 spiro atoms. The molecule has 28 heavy (non-hydrogen) atoms. The van der Waals surface area contributed by atoms with E-state index in [0.717, 1.165) is 28.8 Å². The molecule has 3 rings (SSSR count). The lowest BCUT2D eigenvalue weighted by Crippen LogP contribution is -2.26. The number of carbonyl (C=O) groups is 1. The molecule has 0 aliphatic carbocycles. The summed E-state index contributed by atoms with van der Waals surface area (Å²) >= 11 is 0. The van der Waals surface area contributed by atoms with Crippen molar-refractivity contribution in [1.82, 2.24) is 10.3 Å². The van der Waals surface area contributed by atoms with Crippen LogP contribution in [-0.4, -0.2) is 24.6 Å². The van der Waals surface area contributed by atoms with Gasteiger partial charge in [0, 0.05) is 23.5 Å². The Balaban J connectivity index is 1.59.